The number of carbonyl (C=O) groups excluding carboxylic acids is 1. The van der Waals surface area contributed by atoms with E-state index in [1.165, 1.54) is 22.2 Å². The van der Waals surface area contributed by atoms with Crippen LogP contribution in [0.4, 0.5) is 0 Å². The summed E-state index contributed by atoms with van der Waals surface area (Å²) in [6.45, 7) is 0.465. The Hall–Kier alpha value is -3.25. The van der Waals surface area contributed by atoms with Crippen LogP contribution < -0.4 is 5.56 Å². The number of thiophene rings is 1. The molecule has 0 aliphatic carbocycles. The minimum absolute atomic E-state index is 0.0326. The van der Waals surface area contributed by atoms with E-state index in [1.54, 1.807) is 11.9 Å². The quantitative estimate of drug-likeness (QED) is 0.522. The SMILES string of the molecule is CN(Cc1ccccc1)C(=O)Cn1cnc2scc(-c3ccccc3)c2c1=O. The second-order valence-electron chi connectivity index (χ2n) is 6.61. The van der Waals surface area contributed by atoms with Gasteiger partial charge in [0.05, 0.1) is 11.7 Å². The first-order valence-corrected chi connectivity index (χ1v) is 9.81. The molecule has 28 heavy (non-hydrogen) atoms. The summed E-state index contributed by atoms with van der Waals surface area (Å²) in [6.07, 6.45) is 1.46. The average Bonchev–Trinajstić information content (AvgIpc) is 3.16. The highest BCUT2D eigenvalue weighted by molar-refractivity contribution is 7.17. The topological polar surface area (TPSA) is 55.2 Å². The van der Waals surface area contributed by atoms with Gasteiger partial charge in [0.15, 0.2) is 0 Å². The summed E-state index contributed by atoms with van der Waals surface area (Å²) in [7, 11) is 1.74. The van der Waals surface area contributed by atoms with E-state index in [0.29, 0.717) is 16.8 Å². The van der Waals surface area contributed by atoms with Gasteiger partial charge >= 0.3 is 0 Å². The highest BCUT2D eigenvalue weighted by Crippen LogP contribution is 2.30. The summed E-state index contributed by atoms with van der Waals surface area (Å²) < 4.78 is 1.39. The van der Waals surface area contributed by atoms with Crippen LogP contribution in [0.3, 0.4) is 0 Å². The van der Waals surface area contributed by atoms with E-state index < -0.39 is 0 Å². The Morgan fingerprint density at radius 2 is 1.75 bits per heavy atom. The van der Waals surface area contributed by atoms with Crippen molar-refractivity contribution >= 4 is 27.5 Å². The molecular weight excluding hydrogens is 370 g/mol. The number of fused-ring (bicyclic) bond motifs is 1. The second-order valence-corrected chi connectivity index (χ2v) is 7.47. The van der Waals surface area contributed by atoms with Gasteiger partial charge in [-0.2, -0.15) is 0 Å². The number of aromatic nitrogens is 2. The summed E-state index contributed by atoms with van der Waals surface area (Å²) in [5, 5.41) is 2.51. The largest absolute Gasteiger partial charge is 0.340 e. The number of amides is 1. The summed E-state index contributed by atoms with van der Waals surface area (Å²) >= 11 is 1.44. The predicted octanol–water partition coefficient (Wildman–Crippen LogP) is 3.78. The van der Waals surface area contributed by atoms with Crippen molar-refractivity contribution in [3.8, 4) is 11.1 Å². The van der Waals surface area contributed by atoms with Gasteiger partial charge in [0, 0.05) is 24.5 Å². The van der Waals surface area contributed by atoms with Crippen molar-refractivity contribution in [1.29, 1.82) is 0 Å². The highest BCUT2D eigenvalue weighted by Gasteiger charge is 2.16. The van der Waals surface area contributed by atoms with Crippen molar-refractivity contribution in [2.75, 3.05) is 7.05 Å². The molecule has 4 rings (SSSR count). The molecule has 0 atom stereocenters. The lowest BCUT2D eigenvalue weighted by Gasteiger charge is -2.18. The first-order valence-electron chi connectivity index (χ1n) is 8.93. The Bertz CT molecular complexity index is 1170. The van der Waals surface area contributed by atoms with Gasteiger partial charge in [-0.1, -0.05) is 60.7 Å². The lowest BCUT2D eigenvalue weighted by Crippen LogP contribution is -2.33. The highest BCUT2D eigenvalue weighted by atomic mass is 32.1. The minimum atomic E-state index is -0.188. The molecule has 6 heteroatoms. The number of rotatable bonds is 5. The average molecular weight is 389 g/mol. The monoisotopic (exact) mass is 389 g/mol. The van der Waals surface area contributed by atoms with E-state index >= 15 is 0 Å². The van der Waals surface area contributed by atoms with Crippen LogP contribution in [0.2, 0.25) is 0 Å². The lowest BCUT2D eigenvalue weighted by molar-refractivity contribution is -0.131. The number of nitrogens with zero attached hydrogens (tertiary/aromatic N) is 3. The van der Waals surface area contributed by atoms with Crippen molar-refractivity contribution in [3.63, 3.8) is 0 Å². The van der Waals surface area contributed by atoms with Crippen LogP contribution in [0.1, 0.15) is 5.56 Å². The number of carbonyl (C=O) groups is 1. The van der Waals surface area contributed by atoms with E-state index in [-0.39, 0.29) is 18.0 Å². The summed E-state index contributed by atoms with van der Waals surface area (Å²) in [6, 6.07) is 19.5. The van der Waals surface area contributed by atoms with Crippen LogP contribution in [0.15, 0.2) is 77.2 Å². The Morgan fingerprint density at radius 3 is 2.46 bits per heavy atom. The Balaban J connectivity index is 1.62. The Labute approximate surface area is 166 Å². The number of hydrogen-bond donors (Lipinski definition) is 0. The van der Waals surface area contributed by atoms with Crippen molar-refractivity contribution in [3.05, 3.63) is 88.3 Å². The van der Waals surface area contributed by atoms with Gasteiger partial charge in [-0.3, -0.25) is 14.2 Å². The normalized spacial score (nSPS) is 10.9. The zero-order chi connectivity index (χ0) is 19.5. The lowest BCUT2D eigenvalue weighted by atomic mass is 10.1. The van der Waals surface area contributed by atoms with Gasteiger partial charge < -0.3 is 4.90 Å². The van der Waals surface area contributed by atoms with E-state index in [4.69, 9.17) is 0 Å². The van der Waals surface area contributed by atoms with Crippen LogP contribution in [0, 0.1) is 0 Å². The van der Waals surface area contributed by atoms with Gasteiger partial charge in [0.2, 0.25) is 5.91 Å². The molecule has 0 spiro atoms. The van der Waals surface area contributed by atoms with Crippen LogP contribution in [0.25, 0.3) is 21.3 Å². The van der Waals surface area contributed by atoms with Crippen LogP contribution in [-0.4, -0.2) is 27.4 Å². The number of benzene rings is 2. The Morgan fingerprint density at radius 1 is 1.07 bits per heavy atom. The third-order valence-electron chi connectivity index (χ3n) is 4.64. The fourth-order valence-corrected chi connectivity index (χ4v) is 4.03. The molecule has 2 aromatic carbocycles. The zero-order valence-corrected chi connectivity index (χ0v) is 16.2. The maximum Gasteiger partial charge on any atom is 0.263 e. The van der Waals surface area contributed by atoms with Crippen molar-refractivity contribution in [2.24, 2.45) is 0 Å². The maximum atomic E-state index is 13.1. The van der Waals surface area contributed by atoms with E-state index in [0.717, 1.165) is 16.7 Å². The smallest absolute Gasteiger partial charge is 0.263 e. The minimum Gasteiger partial charge on any atom is -0.340 e. The van der Waals surface area contributed by atoms with Gasteiger partial charge in [0.1, 0.15) is 11.4 Å². The van der Waals surface area contributed by atoms with Gasteiger partial charge in [-0.25, -0.2) is 4.98 Å². The maximum absolute atomic E-state index is 13.1. The van der Waals surface area contributed by atoms with Gasteiger partial charge in [-0.05, 0) is 11.1 Å². The molecule has 4 aromatic rings. The standard InChI is InChI=1S/C22H19N3O2S/c1-24(12-16-8-4-2-5-9-16)19(26)13-25-15-23-21-20(22(25)27)18(14-28-21)17-10-6-3-7-11-17/h2-11,14-15H,12-13H2,1H3. The molecule has 0 aliphatic heterocycles. The van der Waals surface area contributed by atoms with E-state index in [2.05, 4.69) is 4.98 Å². The molecule has 0 aliphatic rings. The van der Waals surface area contributed by atoms with E-state index in [9.17, 15) is 9.59 Å². The fourth-order valence-electron chi connectivity index (χ4n) is 3.12. The molecule has 0 saturated carbocycles. The first kappa shape index (κ1) is 18.1. The molecule has 0 bridgehead atoms. The second kappa shape index (κ2) is 7.78. The number of likely N-dealkylation sites (N-methyl/N-ethyl adjacent to an activating group) is 1. The molecule has 0 saturated heterocycles. The van der Waals surface area contributed by atoms with E-state index in [1.807, 2.05) is 66.0 Å². The molecular formula is C22H19N3O2S. The van der Waals surface area contributed by atoms with Crippen LogP contribution in [-0.2, 0) is 17.9 Å². The first-order chi connectivity index (χ1) is 13.6. The van der Waals surface area contributed by atoms with Crippen LogP contribution >= 0.6 is 11.3 Å². The third-order valence-corrected chi connectivity index (χ3v) is 5.53. The Kier molecular flexibility index (Phi) is 5.04. The van der Waals surface area contributed by atoms with Crippen molar-refractivity contribution in [2.45, 2.75) is 13.1 Å². The summed E-state index contributed by atoms with van der Waals surface area (Å²) in [5.74, 6) is -0.136. The third kappa shape index (κ3) is 3.59. The molecule has 0 radical (unpaired) electrons. The predicted molar refractivity (Wildman–Crippen MR) is 112 cm³/mol. The van der Waals surface area contributed by atoms with Crippen molar-refractivity contribution < 1.29 is 4.79 Å². The van der Waals surface area contributed by atoms with Crippen LogP contribution in [0.5, 0.6) is 0 Å². The molecule has 1 amide bonds. The molecule has 2 aromatic heterocycles. The molecule has 2 heterocycles. The molecule has 0 N–H and O–H groups in total. The summed E-state index contributed by atoms with van der Waals surface area (Å²) in [4.78, 5) is 32.4. The molecule has 140 valence electrons. The molecule has 5 nitrogen and oxygen atoms in total. The van der Waals surface area contributed by atoms with Gasteiger partial charge in [-0.15, -0.1) is 11.3 Å². The zero-order valence-electron chi connectivity index (χ0n) is 15.4. The van der Waals surface area contributed by atoms with Crippen molar-refractivity contribution in [1.82, 2.24) is 14.5 Å². The molecule has 0 unspecified atom stereocenters. The molecule has 0 fully saturated rings. The van der Waals surface area contributed by atoms with Gasteiger partial charge in [0.25, 0.3) is 5.56 Å². The number of hydrogen-bond acceptors (Lipinski definition) is 4. The fraction of sp³-hybridized carbons (Fsp3) is 0.136. The summed E-state index contributed by atoms with van der Waals surface area (Å²) in [5.41, 5.74) is 2.69.